The number of nitrogens with zero attached hydrogens (tertiary/aromatic N) is 2. The third-order valence-electron chi connectivity index (χ3n) is 10.7. The smallest absolute Gasteiger partial charge is 0.136 e. The Morgan fingerprint density at radius 2 is 1.08 bits per heavy atom. The molecule has 0 bridgehead atoms. The van der Waals surface area contributed by atoms with Gasteiger partial charge in [-0.3, -0.25) is 4.40 Å². The van der Waals surface area contributed by atoms with Crippen molar-refractivity contribution in [1.29, 1.82) is 0 Å². The minimum absolute atomic E-state index is 0.930. The van der Waals surface area contributed by atoms with Crippen LogP contribution in [-0.4, -0.2) is 8.97 Å². The molecule has 0 aliphatic rings. The summed E-state index contributed by atoms with van der Waals surface area (Å²) < 4.78 is 11.1. The van der Waals surface area contributed by atoms with Gasteiger partial charge >= 0.3 is 0 Å². The average Bonchev–Trinajstić information content (AvgIpc) is 3.97. The van der Waals surface area contributed by atoms with E-state index in [2.05, 4.69) is 161 Å². The SMILES string of the molecule is c1ccc(-n2c3ccccc3c3cc(-c4ccc5c(c4)c4cccc6c7cc(-c8cccc9oc%10ccccc%10c89)sc7n5c46)ccc32)cc1. The fourth-order valence-electron chi connectivity index (χ4n) is 8.54. The van der Waals surface area contributed by atoms with Gasteiger partial charge in [-0.15, -0.1) is 11.3 Å². The fourth-order valence-corrected chi connectivity index (χ4v) is 9.76. The van der Waals surface area contributed by atoms with Gasteiger partial charge in [-0.1, -0.05) is 97.1 Å². The van der Waals surface area contributed by atoms with E-state index in [1.807, 2.05) is 17.4 Å². The number of furan rings is 1. The monoisotopic (exact) mass is 654 g/mol. The number of hydrogen-bond acceptors (Lipinski definition) is 2. The first-order valence-corrected chi connectivity index (χ1v) is 17.8. The molecule has 5 heterocycles. The van der Waals surface area contributed by atoms with Crippen molar-refractivity contribution in [3.05, 3.63) is 158 Å². The Labute approximate surface area is 289 Å². The Bertz CT molecular complexity index is 3320. The van der Waals surface area contributed by atoms with Crippen LogP contribution in [0.1, 0.15) is 0 Å². The molecule has 5 aromatic heterocycles. The molecule has 12 rings (SSSR count). The minimum Gasteiger partial charge on any atom is -0.456 e. The second-order valence-electron chi connectivity index (χ2n) is 13.3. The highest BCUT2D eigenvalue weighted by Crippen LogP contribution is 2.47. The summed E-state index contributed by atoms with van der Waals surface area (Å²) in [4.78, 5) is 2.55. The summed E-state index contributed by atoms with van der Waals surface area (Å²) in [6, 6.07) is 57.3. The van der Waals surface area contributed by atoms with E-state index in [0.29, 0.717) is 0 Å². The maximum atomic E-state index is 6.25. The zero-order valence-electron chi connectivity index (χ0n) is 26.7. The molecule has 0 radical (unpaired) electrons. The first-order chi connectivity index (χ1) is 24.8. The van der Waals surface area contributed by atoms with E-state index in [9.17, 15) is 0 Å². The van der Waals surface area contributed by atoms with E-state index in [4.69, 9.17) is 4.42 Å². The molecule has 12 aromatic rings. The van der Waals surface area contributed by atoms with Crippen LogP contribution in [0.3, 0.4) is 0 Å². The highest BCUT2D eigenvalue weighted by Gasteiger charge is 2.22. The summed E-state index contributed by atoms with van der Waals surface area (Å²) >= 11 is 1.87. The summed E-state index contributed by atoms with van der Waals surface area (Å²) in [7, 11) is 0. The lowest BCUT2D eigenvalue weighted by atomic mass is 10.00. The van der Waals surface area contributed by atoms with Gasteiger partial charge in [-0.05, 0) is 71.8 Å². The normalized spacial score (nSPS) is 12.4. The average molecular weight is 655 g/mol. The molecule has 0 aliphatic carbocycles. The Kier molecular flexibility index (Phi) is 5.12. The van der Waals surface area contributed by atoms with Crippen LogP contribution in [0, 0.1) is 0 Å². The number of para-hydroxylation sites is 4. The second-order valence-corrected chi connectivity index (χ2v) is 14.3. The summed E-state index contributed by atoms with van der Waals surface area (Å²) in [5, 5.41) is 10.1. The maximum Gasteiger partial charge on any atom is 0.136 e. The van der Waals surface area contributed by atoms with Crippen LogP contribution in [0.5, 0.6) is 0 Å². The molecule has 3 nitrogen and oxygen atoms in total. The van der Waals surface area contributed by atoms with E-state index in [1.54, 1.807) is 0 Å². The van der Waals surface area contributed by atoms with Crippen molar-refractivity contribution in [3.8, 4) is 27.3 Å². The minimum atomic E-state index is 0.930. The molecule has 0 N–H and O–H groups in total. The molecule has 0 amide bonds. The molecule has 4 heteroatoms. The lowest BCUT2D eigenvalue weighted by molar-refractivity contribution is 0.669. The molecular weight excluding hydrogens is 629 g/mol. The zero-order valence-corrected chi connectivity index (χ0v) is 27.5. The topological polar surface area (TPSA) is 22.5 Å². The first kappa shape index (κ1) is 26.6. The molecule has 7 aromatic carbocycles. The van der Waals surface area contributed by atoms with Crippen molar-refractivity contribution in [3.63, 3.8) is 0 Å². The quantitative estimate of drug-likeness (QED) is 0.186. The van der Waals surface area contributed by atoms with Crippen molar-refractivity contribution in [2.45, 2.75) is 0 Å². The molecule has 232 valence electrons. The van der Waals surface area contributed by atoms with Crippen molar-refractivity contribution in [1.82, 2.24) is 8.97 Å². The lowest BCUT2D eigenvalue weighted by Crippen LogP contribution is -1.92. The van der Waals surface area contributed by atoms with Gasteiger partial charge in [0.2, 0.25) is 0 Å². The molecular formula is C46H26N2OS. The Balaban J connectivity index is 1.06. The highest BCUT2D eigenvalue weighted by atomic mass is 32.1. The number of thiophene rings is 1. The van der Waals surface area contributed by atoms with Crippen molar-refractivity contribution >= 4 is 92.5 Å². The van der Waals surface area contributed by atoms with Gasteiger partial charge in [0, 0.05) is 59.2 Å². The summed E-state index contributed by atoms with van der Waals surface area (Å²) in [6.07, 6.45) is 0. The van der Waals surface area contributed by atoms with Crippen LogP contribution < -0.4 is 0 Å². The number of rotatable bonds is 3. The summed E-state index contributed by atoms with van der Waals surface area (Å²) in [6.45, 7) is 0. The Morgan fingerprint density at radius 3 is 1.94 bits per heavy atom. The van der Waals surface area contributed by atoms with Gasteiger partial charge < -0.3 is 8.98 Å². The zero-order chi connectivity index (χ0) is 32.5. The second kappa shape index (κ2) is 9.63. The third kappa shape index (κ3) is 3.43. The van der Waals surface area contributed by atoms with Gasteiger partial charge in [0.25, 0.3) is 0 Å². The van der Waals surface area contributed by atoms with E-state index in [-0.39, 0.29) is 0 Å². The highest BCUT2D eigenvalue weighted by molar-refractivity contribution is 7.22. The standard InChI is InChI=1S/C46H26N2OS/c1-2-10-29(11-3-1)47-38-17-6-4-12-30(38)35-24-27(20-22-39(35)47)28-21-23-40-36(25-28)31-14-8-15-32-37-26-43(50-46(37)48(40)45(31)32)34-16-9-19-42-44(34)33-13-5-7-18-41(33)49-42/h1-26H. The van der Waals surface area contributed by atoms with E-state index in [0.717, 1.165) is 16.6 Å². The van der Waals surface area contributed by atoms with Gasteiger partial charge in [-0.25, -0.2) is 0 Å². The van der Waals surface area contributed by atoms with Crippen molar-refractivity contribution in [2.24, 2.45) is 0 Å². The largest absolute Gasteiger partial charge is 0.456 e. The predicted octanol–water partition coefficient (Wildman–Crippen LogP) is 13.2. The molecule has 0 aliphatic heterocycles. The van der Waals surface area contributed by atoms with Crippen LogP contribution in [0.25, 0.3) is 108 Å². The van der Waals surface area contributed by atoms with E-state index in [1.165, 1.54) is 91.9 Å². The van der Waals surface area contributed by atoms with Crippen LogP contribution in [0.4, 0.5) is 0 Å². The number of aromatic nitrogens is 2. The molecule has 0 saturated carbocycles. The molecule has 0 fully saturated rings. The van der Waals surface area contributed by atoms with Crippen molar-refractivity contribution < 1.29 is 4.42 Å². The van der Waals surface area contributed by atoms with Gasteiger partial charge in [-0.2, -0.15) is 0 Å². The molecule has 50 heavy (non-hydrogen) atoms. The number of hydrogen-bond donors (Lipinski definition) is 0. The molecule has 0 spiro atoms. The Hall–Kier alpha value is -6.36. The van der Waals surface area contributed by atoms with Gasteiger partial charge in [0.1, 0.15) is 16.0 Å². The molecule has 0 unspecified atom stereocenters. The van der Waals surface area contributed by atoms with Gasteiger partial charge in [0.05, 0.1) is 22.1 Å². The van der Waals surface area contributed by atoms with Crippen LogP contribution in [0.2, 0.25) is 0 Å². The maximum absolute atomic E-state index is 6.25. The van der Waals surface area contributed by atoms with Gasteiger partial charge in [0.15, 0.2) is 0 Å². The first-order valence-electron chi connectivity index (χ1n) is 17.0. The summed E-state index contributed by atoms with van der Waals surface area (Å²) in [5.74, 6) is 0. The van der Waals surface area contributed by atoms with E-state index >= 15 is 0 Å². The fraction of sp³-hybridized carbons (Fsp3) is 0. The van der Waals surface area contributed by atoms with Crippen LogP contribution in [0.15, 0.2) is 162 Å². The summed E-state index contributed by atoms with van der Waals surface area (Å²) in [5.41, 5.74) is 11.7. The van der Waals surface area contributed by atoms with Crippen molar-refractivity contribution in [2.75, 3.05) is 0 Å². The van der Waals surface area contributed by atoms with E-state index < -0.39 is 0 Å². The number of fused-ring (bicyclic) bond motifs is 12. The van der Waals surface area contributed by atoms with Crippen LogP contribution in [-0.2, 0) is 0 Å². The third-order valence-corrected chi connectivity index (χ3v) is 11.8. The number of benzene rings is 7. The van der Waals surface area contributed by atoms with Crippen LogP contribution >= 0.6 is 11.3 Å². The molecule has 0 saturated heterocycles. The predicted molar refractivity (Wildman–Crippen MR) is 211 cm³/mol. The Morgan fingerprint density at radius 1 is 0.440 bits per heavy atom. The lowest BCUT2D eigenvalue weighted by Gasteiger charge is -2.08. The molecule has 0 atom stereocenters.